The maximum atomic E-state index is 9.04. The number of rotatable bonds is 3. The van der Waals surface area contributed by atoms with Crippen molar-refractivity contribution in [2.24, 2.45) is 0 Å². The van der Waals surface area contributed by atoms with Crippen LogP contribution in [0.25, 0.3) is 0 Å². The van der Waals surface area contributed by atoms with Gasteiger partial charge in [0.2, 0.25) is 0 Å². The molecule has 0 heterocycles. The summed E-state index contributed by atoms with van der Waals surface area (Å²) in [6.45, 7) is 2.46. The number of nitriles is 1. The second-order valence-corrected chi connectivity index (χ2v) is 4.35. The van der Waals surface area contributed by atoms with E-state index in [0.717, 1.165) is 11.1 Å². The fourth-order valence-corrected chi connectivity index (χ4v) is 1.87. The summed E-state index contributed by atoms with van der Waals surface area (Å²) in [5.74, 6) is 0.522. The van der Waals surface area contributed by atoms with Gasteiger partial charge in [0.25, 0.3) is 0 Å². The van der Waals surface area contributed by atoms with E-state index in [-0.39, 0.29) is 0 Å². The molecule has 0 amide bonds. The van der Waals surface area contributed by atoms with Crippen molar-refractivity contribution in [3.63, 3.8) is 0 Å². The Bertz CT molecular complexity index is 602. The Hall–Kier alpha value is -1.98. The molecule has 2 aromatic rings. The predicted octanol–water partition coefficient (Wildman–Crippen LogP) is 4.10. The fourth-order valence-electron chi connectivity index (χ4n) is 1.66. The Labute approximate surface area is 111 Å². The lowest BCUT2D eigenvalue weighted by Crippen LogP contribution is -1.99. The minimum absolute atomic E-state index is 0.382. The molecule has 0 N–H and O–H groups in total. The van der Waals surface area contributed by atoms with Crippen molar-refractivity contribution >= 4 is 11.6 Å². The second kappa shape index (κ2) is 5.57. The van der Waals surface area contributed by atoms with Crippen LogP contribution < -0.4 is 4.74 Å². The molecule has 0 aromatic heterocycles. The van der Waals surface area contributed by atoms with Gasteiger partial charge in [0.1, 0.15) is 24.0 Å². The van der Waals surface area contributed by atoms with Crippen molar-refractivity contribution in [3.05, 3.63) is 64.2 Å². The summed E-state index contributed by atoms with van der Waals surface area (Å²) in [5.41, 5.74) is 2.65. The van der Waals surface area contributed by atoms with E-state index in [9.17, 15) is 0 Å². The molecule has 0 unspecified atom stereocenters. The lowest BCUT2D eigenvalue weighted by atomic mass is 10.1. The molecule has 0 radical (unpaired) electrons. The highest BCUT2D eigenvalue weighted by molar-refractivity contribution is 6.31. The summed E-state index contributed by atoms with van der Waals surface area (Å²) in [6.07, 6.45) is 0. The molecular weight excluding hydrogens is 246 g/mol. The quantitative estimate of drug-likeness (QED) is 0.829. The summed E-state index contributed by atoms with van der Waals surface area (Å²) in [6, 6.07) is 15.3. The van der Waals surface area contributed by atoms with Crippen molar-refractivity contribution < 1.29 is 4.74 Å². The predicted molar refractivity (Wildman–Crippen MR) is 71.7 cm³/mol. The lowest BCUT2D eigenvalue weighted by Gasteiger charge is -2.10. The summed E-state index contributed by atoms with van der Waals surface area (Å²) in [7, 11) is 0. The molecule has 18 heavy (non-hydrogen) atoms. The van der Waals surface area contributed by atoms with Crippen LogP contribution in [-0.2, 0) is 6.61 Å². The molecular formula is C15H12ClNO. The molecule has 0 saturated carbocycles. The van der Waals surface area contributed by atoms with Gasteiger partial charge in [-0.3, -0.25) is 0 Å². The van der Waals surface area contributed by atoms with Crippen molar-refractivity contribution in [2.75, 3.05) is 0 Å². The number of ether oxygens (including phenoxy) is 1. The number of benzene rings is 2. The number of hydrogen-bond acceptors (Lipinski definition) is 2. The molecule has 3 heteroatoms. The molecule has 2 aromatic carbocycles. The van der Waals surface area contributed by atoms with Gasteiger partial charge in [-0.2, -0.15) is 5.26 Å². The maximum Gasteiger partial charge on any atom is 0.139 e. The number of aryl methyl sites for hydroxylation is 1. The molecule has 0 saturated heterocycles. The highest BCUT2D eigenvalue weighted by atomic mass is 35.5. The summed E-state index contributed by atoms with van der Waals surface area (Å²) < 4.78 is 5.67. The summed E-state index contributed by atoms with van der Waals surface area (Å²) in [4.78, 5) is 0. The standard InChI is InChI=1S/C15H12ClNO/c1-11-5-2-3-6-12(11)10-18-15-8-4-7-14(16)13(15)9-17/h2-8H,10H2,1H3. The molecule has 0 spiro atoms. The Morgan fingerprint density at radius 1 is 1.17 bits per heavy atom. The maximum absolute atomic E-state index is 9.04. The largest absolute Gasteiger partial charge is 0.487 e. The Morgan fingerprint density at radius 2 is 1.94 bits per heavy atom. The summed E-state index contributed by atoms with van der Waals surface area (Å²) >= 11 is 5.94. The van der Waals surface area contributed by atoms with Crippen molar-refractivity contribution in [3.8, 4) is 11.8 Å². The van der Waals surface area contributed by atoms with Gasteiger partial charge in [-0.15, -0.1) is 0 Å². The molecule has 0 aliphatic rings. The minimum atomic E-state index is 0.382. The Balaban J connectivity index is 2.19. The number of hydrogen-bond donors (Lipinski definition) is 0. The van der Waals surface area contributed by atoms with Crippen LogP contribution in [0.1, 0.15) is 16.7 Å². The monoisotopic (exact) mass is 257 g/mol. The van der Waals surface area contributed by atoms with Gasteiger partial charge in [-0.25, -0.2) is 0 Å². The Morgan fingerprint density at radius 3 is 2.67 bits per heavy atom. The smallest absolute Gasteiger partial charge is 0.139 e. The fraction of sp³-hybridized carbons (Fsp3) is 0.133. The first-order chi connectivity index (χ1) is 8.72. The van der Waals surface area contributed by atoms with E-state index in [2.05, 4.69) is 6.07 Å². The summed E-state index contributed by atoms with van der Waals surface area (Å²) in [5, 5.41) is 9.45. The van der Waals surface area contributed by atoms with Crippen LogP contribution in [0.15, 0.2) is 42.5 Å². The first-order valence-electron chi connectivity index (χ1n) is 5.58. The van der Waals surface area contributed by atoms with Crippen LogP contribution >= 0.6 is 11.6 Å². The van der Waals surface area contributed by atoms with Gasteiger partial charge in [0.15, 0.2) is 0 Å². The van der Waals surface area contributed by atoms with Crippen molar-refractivity contribution in [1.82, 2.24) is 0 Å². The minimum Gasteiger partial charge on any atom is -0.487 e. The van der Waals surface area contributed by atoms with E-state index in [1.165, 1.54) is 0 Å². The van der Waals surface area contributed by atoms with E-state index < -0.39 is 0 Å². The zero-order valence-electron chi connectivity index (χ0n) is 9.98. The van der Waals surface area contributed by atoms with Crippen LogP contribution in [0, 0.1) is 18.3 Å². The lowest BCUT2D eigenvalue weighted by molar-refractivity contribution is 0.304. The SMILES string of the molecule is Cc1ccccc1COc1cccc(Cl)c1C#N. The zero-order valence-corrected chi connectivity index (χ0v) is 10.7. The number of halogens is 1. The molecule has 2 rings (SSSR count). The van der Waals surface area contributed by atoms with Gasteiger partial charge < -0.3 is 4.74 Å². The van der Waals surface area contributed by atoms with Crippen LogP contribution in [0.2, 0.25) is 5.02 Å². The third-order valence-electron chi connectivity index (χ3n) is 2.73. The second-order valence-electron chi connectivity index (χ2n) is 3.94. The van der Waals surface area contributed by atoms with E-state index in [1.807, 2.05) is 31.2 Å². The van der Waals surface area contributed by atoms with Gasteiger partial charge >= 0.3 is 0 Å². The Kier molecular flexibility index (Phi) is 3.86. The van der Waals surface area contributed by atoms with Crippen LogP contribution in [0.4, 0.5) is 0 Å². The van der Waals surface area contributed by atoms with E-state index in [4.69, 9.17) is 21.6 Å². The van der Waals surface area contributed by atoms with Crippen LogP contribution in [0.5, 0.6) is 5.75 Å². The zero-order chi connectivity index (χ0) is 13.0. The van der Waals surface area contributed by atoms with Gasteiger partial charge in [-0.1, -0.05) is 41.9 Å². The third-order valence-corrected chi connectivity index (χ3v) is 3.05. The van der Waals surface area contributed by atoms with Crippen molar-refractivity contribution in [1.29, 1.82) is 5.26 Å². The van der Waals surface area contributed by atoms with Crippen LogP contribution in [0.3, 0.4) is 0 Å². The molecule has 2 nitrogen and oxygen atoms in total. The third kappa shape index (κ3) is 2.64. The molecule has 0 aliphatic heterocycles. The number of nitrogens with zero attached hydrogens (tertiary/aromatic N) is 1. The molecule has 0 atom stereocenters. The average Bonchev–Trinajstić information content (AvgIpc) is 2.38. The first-order valence-corrected chi connectivity index (χ1v) is 5.96. The molecule has 0 bridgehead atoms. The van der Waals surface area contributed by atoms with E-state index >= 15 is 0 Å². The van der Waals surface area contributed by atoms with Gasteiger partial charge in [-0.05, 0) is 30.2 Å². The van der Waals surface area contributed by atoms with Gasteiger partial charge in [0.05, 0.1) is 5.02 Å². The van der Waals surface area contributed by atoms with E-state index in [1.54, 1.807) is 18.2 Å². The van der Waals surface area contributed by atoms with Crippen LogP contribution in [-0.4, -0.2) is 0 Å². The molecule has 0 aliphatic carbocycles. The van der Waals surface area contributed by atoms with E-state index in [0.29, 0.717) is 22.9 Å². The normalized spacial score (nSPS) is 9.83. The average molecular weight is 258 g/mol. The molecule has 90 valence electrons. The topological polar surface area (TPSA) is 33.0 Å². The first kappa shape index (κ1) is 12.5. The highest BCUT2D eigenvalue weighted by Gasteiger charge is 2.07. The highest BCUT2D eigenvalue weighted by Crippen LogP contribution is 2.26. The molecule has 0 fully saturated rings. The van der Waals surface area contributed by atoms with Crippen molar-refractivity contribution in [2.45, 2.75) is 13.5 Å². The van der Waals surface area contributed by atoms with Gasteiger partial charge in [0, 0.05) is 0 Å².